The standard InChI is InChI=1S/C21H26ClFN4O3/c1-21(2,3)30-20(28)27-13-4-7-15(8-5-13)29-19-11-18(24-12-25-19)26-14-6-9-17(23)16(22)10-14/h6,9-13,15H,4-5,7-8H2,1-3H3,(H,27,28)(H,24,25,26)/t13-,15-. The molecule has 0 saturated heterocycles. The molecule has 0 aliphatic heterocycles. The summed E-state index contributed by atoms with van der Waals surface area (Å²) in [4.78, 5) is 20.2. The van der Waals surface area contributed by atoms with E-state index in [0.29, 0.717) is 17.4 Å². The average Bonchev–Trinajstić information content (AvgIpc) is 2.65. The Morgan fingerprint density at radius 1 is 1.17 bits per heavy atom. The number of anilines is 2. The summed E-state index contributed by atoms with van der Waals surface area (Å²) in [6, 6.07) is 6.10. The molecule has 3 rings (SSSR count). The molecule has 0 atom stereocenters. The number of rotatable bonds is 5. The molecule has 1 fully saturated rings. The highest BCUT2D eigenvalue weighted by molar-refractivity contribution is 6.31. The summed E-state index contributed by atoms with van der Waals surface area (Å²) in [5.74, 6) is 0.484. The smallest absolute Gasteiger partial charge is 0.407 e. The van der Waals surface area contributed by atoms with Crippen molar-refractivity contribution in [1.82, 2.24) is 15.3 Å². The second-order valence-corrected chi connectivity index (χ2v) is 8.64. The number of nitrogens with zero attached hydrogens (tertiary/aromatic N) is 2. The number of hydrogen-bond donors (Lipinski definition) is 2. The maximum absolute atomic E-state index is 13.3. The fraction of sp³-hybridized carbons (Fsp3) is 0.476. The minimum Gasteiger partial charge on any atom is -0.474 e. The summed E-state index contributed by atoms with van der Waals surface area (Å²) >= 11 is 5.81. The third-order valence-corrected chi connectivity index (χ3v) is 4.81. The van der Waals surface area contributed by atoms with Gasteiger partial charge in [-0.2, -0.15) is 0 Å². The van der Waals surface area contributed by atoms with Crippen LogP contribution >= 0.6 is 11.6 Å². The quantitative estimate of drug-likeness (QED) is 0.667. The normalized spacial score (nSPS) is 19.1. The van der Waals surface area contributed by atoms with Crippen LogP contribution in [0, 0.1) is 5.82 Å². The van der Waals surface area contributed by atoms with Gasteiger partial charge in [-0.3, -0.25) is 0 Å². The molecule has 30 heavy (non-hydrogen) atoms. The van der Waals surface area contributed by atoms with Crippen molar-refractivity contribution in [3.8, 4) is 5.88 Å². The van der Waals surface area contributed by atoms with E-state index in [0.717, 1.165) is 25.7 Å². The van der Waals surface area contributed by atoms with Gasteiger partial charge >= 0.3 is 6.09 Å². The number of halogens is 2. The number of nitrogens with one attached hydrogen (secondary N) is 2. The average molecular weight is 437 g/mol. The molecule has 0 radical (unpaired) electrons. The van der Waals surface area contributed by atoms with Crippen molar-refractivity contribution < 1.29 is 18.7 Å². The van der Waals surface area contributed by atoms with Gasteiger partial charge in [-0.05, 0) is 64.7 Å². The highest BCUT2D eigenvalue weighted by atomic mass is 35.5. The molecule has 0 spiro atoms. The summed E-state index contributed by atoms with van der Waals surface area (Å²) < 4.78 is 24.6. The largest absolute Gasteiger partial charge is 0.474 e. The Morgan fingerprint density at radius 2 is 1.90 bits per heavy atom. The fourth-order valence-corrected chi connectivity index (χ4v) is 3.34. The van der Waals surface area contributed by atoms with Crippen LogP contribution in [-0.4, -0.2) is 33.8 Å². The van der Waals surface area contributed by atoms with Gasteiger partial charge in [-0.15, -0.1) is 0 Å². The monoisotopic (exact) mass is 436 g/mol. The number of aromatic nitrogens is 2. The van der Waals surface area contributed by atoms with E-state index in [1.165, 1.54) is 18.5 Å². The highest BCUT2D eigenvalue weighted by Gasteiger charge is 2.26. The SMILES string of the molecule is CC(C)(C)OC(=O)N[C@H]1CC[C@H](Oc2cc(Nc3ccc(F)c(Cl)c3)ncn2)CC1. The molecule has 0 unspecified atom stereocenters. The number of amides is 1. The topological polar surface area (TPSA) is 85.4 Å². The van der Waals surface area contributed by atoms with E-state index in [1.54, 1.807) is 12.1 Å². The van der Waals surface area contributed by atoms with Crippen molar-refractivity contribution in [2.75, 3.05) is 5.32 Å². The number of carbonyl (C=O) groups excluding carboxylic acids is 1. The Balaban J connectivity index is 1.50. The summed E-state index contributed by atoms with van der Waals surface area (Å²) in [6.07, 6.45) is 4.20. The first-order chi connectivity index (χ1) is 14.2. The van der Waals surface area contributed by atoms with Crippen molar-refractivity contribution in [1.29, 1.82) is 0 Å². The van der Waals surface area contributed by atoms with Gasteiger partial charge in [0.25, 0.3) is 0 Å². The van der Waals surface area contributed by atoms with E-state index in [4.69, 9.17) is 21.1 Å². The number of carbonyl (C=O) groups is 1. The first kappa shape index (κ1) is 22.1. The lowest BCUT2D eigenvalue weighted by atomic mass is 9.93. The lowest BCUT2D eigenvalue weighted by molar-refractivity contribution is 0.0469. The molecule has 2 N–H and O–H groups in total. The van der Waals surface area contributed by atoms with Crippen LogP contribution in [-0.2, 0) is 4.74 Å². The Morgan fingerprint density at radius 3 is 2.57 bits per heavy atom. The van der Waals surface area contributed by atoms with E-state index < -0.39 is 11.4 Å². The molecule has 0 bridgehead atoms. The predicted octanol–water partition coefficient (Wildman–Crippen LogP) is 5.23. The van der Waals surface area contributed by atoms with E-state index in [2.05, 4.69) is 20.6 Å². The molecule has 9 heteroatoms. The van der Waals surface area contributed by atoms with Gasteiger partial charge < -0.3 is 20.1 Å². The van der Waals surface area contributed by atoms with Crippen molar-refractivity contribution >= 4 is 29.2 Å². The van der Waals surface area contributed by atoms with Crippen LogP contribution < -0.4 is 15.4 Å². The molecule has 2 aromatic rings. The molecule has 1 aromatic heterocycles. The minimum atomic E-state index is -0.512. The molecule has 1 amide bonds. The van der Waals surface area contributed by atoms with Crippen molar-refractivity contribution in [3.63, 3.8) is 0 Å². The van der Waals surface area contributed by atoms with E-state index in [1.807, 2.05) is 20.8 Å². The van der Waals surface area contributed by atoms with E-state index >= 15 is 0 Å². The summed E-state index contributed by atoms with van der Waals surface area (Å²) in [5.41, 5.74) is 0.0994. The van der Waals surface area contributed by atoms with Gasteiger partial charge in [0, 0.05) is 17.8 Å². The number of hydrogen-bond acceptors (Lipinski definition) is 6. The van der Waals surface area contributed by atoms with Gasteiger partial charge in [-0.1, -0.05) is 11.6 Å². The maximum Gasteiger partial charge on any atom is 0.407 e. The number of benzene rings is 1. The number of ether oxygens (including phenoxy) is 2. The maximum atomic E-state index is 13.3. The van der Waals surface area contributed by atoms with Gasteiger partial charge in [0.15, 0.2) is 0 Å². The van der Waals surface area contributed by atoms with Crippen LogP contribution in [0.4, 0.5) is 20.7 Å². The van der Waals surface area contributed by atoms with Crippen molar-refractivity contribution in [2.24, 2.45) is 0 Å². The summed E-state index contributed by atoms with van der Waals surface area (Å²) in [7, 11) is 0. The molecule has 1 heterocycles. The second kappa shape index (κ2) is 9.47. The van der Waals surface area contributed by atoms with Crippen molar-refractivity contribution in [3.05, 3.63) is 41.4 Å². The Kier molecular flexibility index (Phi) is 6.97. The third kappa shape index (κ3) is 6.73. The van der Waals surface area contributed by atoms with E-state index in [-0.39, 0.29) is 23.3 Å². The van der Waals surface area contributed by atoms with Crippen LogP contribution in [0.1, 0.15) is 46.5 Å². The first-order valence-corrected chi connectivity index (χ1v) is 10.3. The molecule has 1 saturated carbocycles. The highest BCUT2D eigenvalue weighted by Crippen LogP contribution is 2.26. The third-order valence-electron chi connectivity index (χ3n) is 4.52. The van der Waals surface area contributed by atoms with Crippen LogP contribution in [0.5, 0.6) is 5.88 Å². The molecule has 162 valence electrons. The van der Waals surface area contributed by atoms with Gasteiger partial charge in [0.1, 0.15) is 29.7 Å². The second-order valence-electron chi connectivity index (χ2n) is 8.23. The van der Waals surface area contributed by atoms with Crippen LogP contribution in [0.2, 0.25) is 5.02 Å². The van der Waals surface area contributed by atoms with E-state index in [9.17, 15) is 9.18 Å². The summed E-state index contributed by atoms with van der Waals surface area (Å²) in [6.45, 7) is 5.52. The van der Waals surface area contributed by atoms with Gasteiger partial charge in [-0.25, -0.2) is 19.2 Å². The van der Waals surface area contributed by atoms with Gasteiger partial charge in [0.05, 0.1) is 5.02 Å². The fourth-order valence-electron chi connectivity index (χ4n) is 3.16. The molecule has 1 aliphatic carbocycles. The predicted molar refractivity (Wildman–Crippen MR) is 113 cm³/mol. The lowest BCUT2D eigenvalue weighted by Gasteiger charge is -2.30. The summed E-state index contributed by atoms with van der Waals surface area (Å²) in [5, 5.41) is 6.00. The Labute approximate surface area is 180 Å². The van der Waals surface area contributed by atoms with Crippen LogP contribution in [0.25, 0.3) is 0 Å². The van der Waals surface area contributed by atoms with Crippen LogP contribution in [0.3, 0.4) is 0 Å². The Bertz CT molecular complexity index is 883. The zero-order valence-electron chi connectivity index (χ0n) is 17.2. The molecular formula is C21H26ClFN4O3. The Hall–Kier alpha value is -2.61. The molecule has 1 aliphatic rings. The molecular weight excluding hydrogens is 411 g/mol. The molecule has 1 aromatic carbocycles. The van der Waals surface area contributed by atoms with Crippen molar-refractivity contribution in [2.45, 2.75) is 64.2 Å². The lowest BCUT2D eigenvalue weighted by Crippen LogP contribution is -2.42. The minimum absolute atomic E-state index is 0.00435. The van der Waals surface area contributed by atoms with Gasteiger partial charge in [0.2, 0.25) is 5.88 Å². The molecule has 7 nitrogen and oxygen atoms in total. The zero-order valence-corrected chi connectivity index (χ0v) is 18.0. The zero-order chi connectivity index (χ0) is 21.7. The van der Waals surface area contributed by atoms with Crippen LogP contribution in [0.15, 0.2) is 30.6 Å². The first-order valence-electron chi connectivity index (χ1n) is 9.88. The number of alkyl carbamates (subject to hydrolysis) is 1.